The molecule has 0 atom stereocenters. The van der Waals surface area contributed by atoms with Crippen LogP contribution in [0.5, 0.6) is 11.5 Å². The average Bonchev–Trinajstić information content (AvgIpc) is 2.60. The third-order valence-corrected chi connectivity index (χ3v) is 3.60. The van der Waals surface area contributed by atoms with E-state index in [9.17, 15) is 4.79 Å². The molecule has 2 aromatic carbocycles. The number of fused-ring (bicyclic) bond motifs is 1. The van der Waals surface area contributed by atoms with Gasteiger partial charge in [0, 0.05) is 5.56 Å². The van der Waals surface area contributed by atoms with Crippen LogP contribution in [0.1, 0.15) is 13.8 Å². The van der Waals surface area contributed by atoms with Gasteiger partial charge >= 0.3 is 0 Å². The number of nitrogens with zero attached hydrogens (tertiary/aromatic N) is 1. The maximum absolute atomic E-state index is 12.3. The van der Waals surface area contributed by atoms with Crippen LogP contribution in [-0.4, -0.2) is 23.2 Å². The summed E-state index contributed by atoms with van der Waals surface area (Å²) in [6.07, 6.45) is 0. The van der Waals surface area contributed by atoms with Gasteiger partial charge in [-0.2, -0.15) is 0 Å². The van der Waals surface area contributed by atoms with E-state index in [1.54, 1.807) is 6.07 Å². The van der Waals surface area contributed by atoms with Crippen LogP contribution in [0, 0.1) is 0 Å². The third kappa shape index (κ3) is 3.71. The largest absolute Gasteiger partial charge is 0.490 e. The fourth-order valence-electron chi connectivity index (χ4n) is 2.47. The van der Waals surface area contributed by atoms with Crippen molar-refractivity contribution in [3.63, 3.8) is 0 Å². The second-order valence-electron chi connectivity index (χ2n) is 5.77. The second kappa shape index (κ2) is 7.21. The summed E-state index contributed by atoms with van der Waals surface area (Å²) < 4.78 is 11.4. The van der Waals surface area contributed by atoms with Crippen molar-refractivity contribution in [2.75, 3.05) is 13.2 Å². The predicted octanol–water partition coefficient (Wildman–Crippen LogP) is 3.94. The zero-order valence-corrected chi connectivity index (χ0v) is 14.3. The molecule has 3 rings (SSSR count). The van der Waals surface area contributed by atoms with E-state index in [4.69, 9.17) is 9.47 Å². The van der Waals surface area contributed by atoms with Crippen molar-refractivity contribution in [1.29, 1.82) is 0 Å². The molecule has 0 radical (unpaired) electrons. The van der Waals surface area contributed by atoms with E-state index in [1.807, 2.05) is 50.2 Å². The number of aromatic amines is 1. The Morgan fingerprint density at radius 3 is 2.72 bits per heavy atom. The number of para-hydroxylation sites is 1. The molecule has 5 heteroatoms. The Bertz CT molecular complexity index is 976. The van der Waals surface area contributed by atoms with Gasteiger partial charge < -0.3 is 14.5 Å². The Morgan fingerprint density at radius 2 is 1.96 bits per heavy atom. The Kier molecular flexibility index (Phi) is 4.84. The fourth-order valence-corrected chi connectivity index (χ4v) is 2.47. The van der Waals surface area contributed by atoms with Crippen molar-refractivity contribution in [2.45, 2.75) is 13.8 Å². The van der Waals surface area contributed by atoms with Crippen LogP contribution in [0.2, 0.25) is 0 Å². The molecule has 1 aromatic heterocycles. The van der Waals surface area contributed by atoms with Crippen LogP contribution in [0.3, 0.4) is 0 Å². The van der Waals surface area contributed by atoms with E-state index in [2.05, 4.69) is 16.5 Å². The van der Waals surface area contributed by atoms with Gasteiger partial charge in [-0.05, 0) is 49.8 Å². The first kappa shape index (κ1) is 16.8. The number of hydrogen-bond acceptors (Lipinski definition) is 4. The molecule has 0 bridgehead atoms. The lowest BCUT2D eigenvalue weighted by molar-refractivity contribution is 0.293. The summed E-state index contributed by atoms with van der Waals surface area (Å²) in [5.74, 6) is 1.74. The van der Waals surface area contributed by atoms with Crippen molar-refractivity contribution >= 4 is 10.9 Å². The molecule has 0 aliphatic heterocycles. The van der Waals surface area contributed by atoms with E-state index in [1.165, 1.54) is 0 Å². The quantitative estimate of drug-likeness (QED) is 0.692. The summed E-state index contributed by atoms with van der Waals surface area (Å²) in [7, 11) is 0. The number of ether oxygens (including phenoxy) is 2. The standard InChI is InChI=1S/C20H20N2O3/c1-4-24-18-11-14(9-10-17(18)25-12-13(2)3)19-21-16-8-6-5-7-15(16)20(23)22-19/h5-11H,2,4,12H2,1,3H3,(H,21,22,23). The molecular formula is C20H20N2O3. The summed E-state index contributed by atoms with van der Waals surface area (Å²) in [6, 6.07) is 12.7. The molecule has 0 aliphatic carbocycles. The lowest BCUT2D eigenvalue weighted by Gasteiger charge is -2.13. The molecule has 3 aromatic rings. The van der Waals surface area contributed by atoms with Gasteiger partial charge in [0.2, 0.25) is 0 Å². The van der Waals surface area contributed by atoms with E-state index >= 15 is 0 Å². The lowest BCUT2D eigenvalue weighted by atomic mass is 10.1. The maximum atomic E-state index is 12.3. The molecule has 0 saturated heterocycles. The van der Waals surface area contributed by atoms with Crippen molar-refractivity contribution in [2.24, 2.45) is 0 Å². The van der Waals surface area contributed by atoms with Gasteiger partial charge in [-0.3, -0.25) is 4.79 Å². The SMILES string of the molecule is C=C(C)COc1ccc(-c2nc3ccccc3c(=O)[nH]2)cc1OCC. The molecule has 128 valence electrons. The van der Waals surface area contributed by atoms with Crippen LogP contribution in [0.25, 0.3) is 22.3 Å². The monoisotopic (exact) mass is 336 g/mol. The first-order valence-electron chi connectivity index (χ1n) is 8.12. The third-order valence-electron chi connectivity index (χ3n) is 3.60. The van der Waals surface area contributed by atoms with Gasteiger partial charge in [0.05, 0.1) is 17.5 Å². The molecule has 0 saturated carbocycles. The van der Waals surface area contributed by atoms with Gasteiger partial charge in [0.25, 0.3) is 5.56 Å². The molecule has 0 amide bonds. The van der Waals surface area contributed by atoms with E-state index in [0.717, 1.165) is 11.1 Å². The Balaban J connectivity index is 2.03. The van der Waals surface area contributed by atoms with Gasteiger partial charge in [-0.1, -0.05) is 18.7 Å². The summed E-state index contributed by atoms with van der Waals surface area (Å²) in [4.78, 5) is 19.6. The maximum Gasteiger partial charge on any atom is 0.259 e. The smallest absolute Gasteiger partial charge is 0.259 e. The number of rotatable bonds is 6. The number of aromatic nitrogens is 2. The number of H-pyrrole nitrogens is 1. The molecule has 25 heavy (non-hydrogen) atoms. The highest BCUT2D eigenvalue weighted by molar-refractivity contribution is 5.79. The van der Waals surface area contributed by atoms with E-state index in [-0.39, 0.29) is 5.56 Å². The molecule has 5 nitrogen and oxygen atoms in total. The Morgan fingerprint density at radius 1 is 1.16 bits per heavy atom. The second-order valence-corrected chi connectivity index (χ2v) is 5.77. The minimum Gasteiger partial charge on any atom is -0.490 e. The first-order chi connectivity index (χ1) is 12.1. The Hall–Kier alpha value is -3.08. The van der Waals surface area contributed by atoms with Crippen molar-refractivity contribution in [1.82, 2.24) is 9.97 Å². The molecule has 0 unspecified atom stereocenters. The lowest BCUT2D eigenvalue weighted by Crippen LogP contribution is -2.09. The average molecular weight is 336 g/mol. The Labute approximate surface area is 145 Å². The summed E-state index contributed by atoms with van der Waals surface area (Å²) in [5.41, 5.74) is 2.17. The van der Waals surface area contributed by atoms with Crippen LogP contribution in [-0.2, 0) is 0 Å². The molecule has 0 aliphatic rings. The topological polar surface area (TPSA) is 64.2 Å². The van der Waals surface area contributed by atoms with Gasteiger partial charge in [-0.15, -0.1) is 0 Å². The minimum atomic E-state index is -0.166. The zero-order chi connectivity index (χ0) is 17.8. The molecule has 0 fully saturated rings. The molecule has 1 N–H and O–H groups in total. The number of hydrogen-bond donors (Lipinski definition) is 1. The number of benzene rings is 2. The van der Waals surface area contributed by atoms with Crippen molar-refractivity contribution < 1.29 is 9.47 Å². The molecule has 1 heterocycles. The highest BCUT2D eigenvalue weighted by atomic mass is 16.5. The van der Waals surface area contributed by atoms with Gasteiger partial charge in [0.15, 0.2) is 11.5 Å². The predicted molar refractivity (Wildman–Crippen MR) is 99.3 cm³/mol. The summed E-state index contributed by atoms with van der Waals surface area (Å²) >= 11 is 0. The van der Waals surface area contributed by atoms with E-state index < -0.39 is 0 Å². The van der Waals surface area contributed by atoms with Gasteiger partial charge in [-0.25, -0.2) is 4.98 Å². The van der Waals surface area contributed by atoms with E-state index in [0.29, 0.717) is 41.4 Å². The summed E-state index contributed by atoms with van der Waals surface area (Å²) in [5, 5.41) is 0.567. The van der Waals surface area contributed by atoms with Crippen LogP contribution in [0.15, 0.2) is 59.4 Å². The first-order valence-corrected chi connectivity index (χ1v) is 8.12. The fraction of sp³-hybridized carbons (Fsp3) is 0.200. The van der Waals surface area contributed by atoms with Gasteiger partial charge in [0.1, 0.15) is 12.4 Å². The number of nitrogens with one attached hydrogen (secondary N) is 1. The normalized spacial score (nSPS) is 10.6. The molecular weight excluding hydrogens is 316 g/mol. The highest BCUT2D eigenvalue weighted by Gasteiger charge is 2.11. The van der Waals surface area contributed by atoms with Crippen molar-refractivity contribution in [3.05, 3.63) is 65.0 Å². The van der Waals surface area contributed by atoms with Crippen LogP contribution >= 0.6 is 0 Å². The minimum absolute atomic E-state index is 0.166. The van der Waals surface area contributed by atoms with Crippen LogP contribution in [0.4, 0.5) is 0 Å². The highest BCUT2D eigenvalue weighted by Crippen LogP contribution is 2.32. The zero-order valence-electron chi connectivity index (χ0n) is 14.3. The summed E-state index contributed by atoms with van der Waals surface area (Å²) in [6.45, 7) is 8.57. The molecule has 0 spiro atoms. The van der Waals surface area contributed by atoms with Crippen LogP contribution < -0.4 is 15.0 Å². The van der Waals surface area contributed by atoms with Crippen molar-refractivity contribution in [3.8, 4) is 22.9 Å².